The molecule has 0 spiro atoms. The predicted molar refractivity (Wildman–Crippen MR) is 95.3 cm³/mol. The van der Waals surface area contributed by atoms with Crippen LogP contribution >= 0.6 is 0 Å². The van der Waals surface area contributed by atoms with Crippen molar-refractivity contribution in [3.05, 3.63) is 65.3 Å². The van der Waals surface area contributed by atoms with E-state index in [2.05, 4.69) is 10.1 Å². The Morgan fingerprint density at radius 1 is 1.19 bits per heavy atom. The summed E-state index contributed by atoms with van der Waals surface area (Å²) in [6.45, 7) is 4.26. The minimum absolute atomic E-state index is 0.0704. The lowest BCUT2D eigenvalue weighted by molar-refractivity contribution is -0.117. The summed E-state index contributed by atoms with van der Waals surface area (Å²) < 4.78 is 19.0. The van der Waals surface area contributed by atoms with Crippen LogP contribution in [-0.2, 0) is 4.79 Å². The highest BCUT2D eigenvalue weighted by Gasteiger charge is 2.35. The Kier molecular flexibility index (Phi) is 4.03. The molecule has 1 atom stereocenters. The molecule has 0 N–H and O–H groups in total. The maximum atomic E-state index is 13.6. The monoisotopic (exact) mass is 351 g/mol. The highest BCUT2D eigenvalue weighted by Crippen LogP contribution is 2.33. The summed E-state index contributed by atoms with van der Waals surface area (Å²) in [5.74, 6) is 0.319. The zero-order chi connectivity index (χ0) is 18.3. The predicted octanol–water partition coefficient (Wildman–Crippen LogP) is 4.01. The Balaban J connectivity index is 1.59. The SMILES string of the molecule is Cc1cccc(-c2noc(C3CC(=O)N(c4cc(F)ccc4C)C3)n2)c1. The Labute approximate surface area is 150 Å². The van der Waals surface area contributed by atoms with Crippen LogP contribution < -0.4 is 4.90 Å². The van der Waals surface area contributed by atoms with Crippen LogP contribution in [0.25, 0.3) is 11.4 Å². The quantitative estimate of drug-likeness (QED) is 0.715. The van der Waals surface area contributed by atoms with Gasteiger partial charge >= 0.3 is 0 Å². The normalized spacial score (nSPS) is 17.1. The summed E-state index contributed by atoms with van der Waals surface area (Å²) in [4.78, 5) is 18.5. The molecule has 0 aliphatic carbocycles. The fourth-order valence-electron chi connectivity index (χ4n) is 3.28. The van der Waals surface area contributed by atoms with Crippen LogP contribution in [0.2, 0.25) is 0 Å². The van der Waals surface area contributed by atoms with Gasteiger partial charge in [0.15, 0.2) is 0 Å². The third-order valence-electron chi connectivity index (χ3n) is 4.65. The van der Waals surface area contributed by atoms with Gasteiger partial charge in [-0.1, -0.05) is 35.0 Å². The van der Waals surface area contributed by atoms with E-state index in [4.69, 9.17) is 4.52 Å². The topological polar surface area (TPSA) is 59.2 Å². The third kappa shape index (κ3) is 2.98. The molecule has 1 amide bonds. The number of benzene rings is 2. The molecule has 0 saturated carbocycles. The smallest absolute Gasteiger partial charge is 0.232 e. The molecule has 0 bridgehead atoms. The van der Waals surface area contributed by atoms with Crippen LogP contribution in [0.1, 0.15) is 29.4 Å². The first kappa shape index (κ1) is 16.4. The maximum Gasteiger partial charge on any atom is 0.232 e. The second kappa shape index (κ2) is 6.37. The second-order valence-corrected chi connectivity index (χ2v) is 6.66. The van der Waals surface area contributed by atoms with Crippen molar-refractivity contribution in [2.24, 2.45) is 0 Å². The fourth-order valence-corrected chi connectivity index (χ4v) is 3.28. The molecule has 6 heteroatoms. The minimum Gasteiger partial charge on any atom is -0.339 e. The number of aromatic nitrogens is 2. The number of rotatable bonds is 3. The van der Waals surface area contributed by atoms with E-state index in [1.165, 1.54) is 12.1 Å². The molecule has 3 aromatic rings. The van der Waals surface area contributed by atoms with Crippen molar-refractivity contribution in [3.8, 4) is 11.4 Å². The molecule has 1 saturated heterocycles. The number of halogens is 1. The zero-order valence-corrected chi connectivity index (χ0v) is 14.6. The Morgan fingerprint density at radius 3 is 2.85 bits per heavy atom. The average Bonchev–Trinajstić information content (AvgIpc) is 3.24. The maximum absolute atomic E-state index is 13.6. The van der Waals surface area contributed by atoms with Crippen molar-refractivity contribution in [3.63, 3.8) is 0 Å². The molecule has 1 unspecified atom stereocenters. The molecule has 2 heterocycles. The minimum atomic E-state index is -0.360. The lowest BCUT2D eigenvalue weighted by Crippen LogP contribution is -2.25. The summed E-state index contributed by atoms with van der Waals surface area (Å²) in [7, 11) is 0. The number of aryl methyl sites for hydroxylation is 2. The lowest BCUT2D eigenvalue weighted by atomic mass is 10.1. The molecule has 132 valence electrons. The largest absolute Gasteiger partial charge is 0.339 e. The van der Waals surface area contributed by atoms with Crippen molar-refractivity contribution in [1.29, 1.82) is 0 Å². The van der Waals surface area contributed by atoms with Gasteiger partial charge in [-0.25, -0.2) is 4.39 Å². The van der Waals surface area contributed by atoms with Gasteiger partial charge in [-0.15, -0.1) is 0 Å². The van der Waals surface area contributed by atoms with Gasteiger partial charge in [-0.3, -0.25) is 4.79 Å². The summed E-state index contributed by atoms with van der Waals surface area (Å²) in [6, 6.07) is 12.3. The molecule has 1 aliphatic heterocycles. The molecule has 4 rings (SSSR count). The number of hydrogen-bond acceptors (Lipinski definition) is 4. The molecule has 26 heavy (non-hydrogen) atoms. The molecule has 5 nitrogen and oxygen atoms in total. The van der Waals surface area contributed by atoms with Gasteiger partial charge < -0.3 is 9.42 Å². The summed E-state index contributed by atoms with van der Waals surface area (Å²) in [5, 5.41) is 4.05. The van der Waals surface area contributed by atoms with Crippen LogP contribution in [-0.4, -0.2) is 22.6 Å². The summed E-state index contributed by atoms with van der Waals surface area (Å²) in [6.07, 6.45) is 0.269. The van der Waals surface area contributed by atoms with Crippen LogP contribution in [0.5, 0.6) is 0 Å². The third-order valence-corrected chi connectivity index (χ3v) is 4.65. The van der Waals surface area contributed by atoms with E-state index >= 15 is 0 Å². The van der Waals surface area contributed by atoms with E-state index in [9.17, 15) is 9.18 Å². The highest BCUT2D eigenvalue weighted by atomic mass is 19.1. The Morgan fingerprint density at radius 2 is 2.04 bits per heavy atom. The average molecular weight is 351 g/mol. The molecular weight excluding hydrogens is 333 g/mol. The number of hydrogen-bond donors (Lipinski definition) is 0. The van der Waals surface area contributed by atoms with Crippen molar-refractivity contribution in [2.45, 2.75) is 26.2 Å². The second-order valence-electron chi connectivity index (χ2n) is 6.66. The van der Waals surface area contributed by atoms with E-state index in [0.29, 0.717) is 23.9 Å². The van der Waals surface area contributed by atoms with E-state index in [1.807, 2.05) is 38.1 Å². The van der Waals surface area contributed by atoms with Gasteiger partial charge in [0.2, 0.25) is 17.6 Å². The number of carbonyl (C=O) groups excluding carboxylic acids is 1. The van der Waals surface area contributed by atoms with Gasteiger partial charge in [-0.05, 0) is 37.6 Å². The molecule has 1 aromatic heterocycles. The van der Waals surface area contributed by atoms with E-state index in [1.54, 1.807) is 11.0 Å². The lowest BCUT2D eigenvalue weighted by Gasteiger charge is -2.18. The fraction of sp³-hybridized carbons (Fsp3) is 0.250. The molecule has 1 aliphatic rings. The van der Waals surface area contributed by atoms with E-state index < -0.39 is 0 Å². The van der Waals surface area contributed by atoms with E-state index in [0.717, 1.165) is 16.7 Å². The van der Waals surface area contributed by atoms with Gasteiger partial charge in [0.1, 0.15) is 5.82 Å². The zero-order valence-electron chi connectivity index (χ0n) is 14.6. The van der Waals surface area contributed by atoms with Gasteiger partial charge in [0.05, 0.1) is 5.92 Å². The first-order valence-electron chi connectivity index (χ1n) is 8.48. The molecular formula is C20H18FN3O2. The number of anilines is 1. The Bertz CT molecular complexity index is 983. The van der Waals surface area contributed by atoms with Crippen molar-refractivity contribution >= 4 is 11.6 Å². The number of amides is 1. The van der Waals surface area contributed by atoms with Crippen molar-refractivity contribution < 1.29 is 13.7 Å². The number of carbonyl (C=O) groups is 1. The summed E-state index contributed by atoms with van der Waals surface area (Å²) in [5.41, 5.74) is 3.43. The van der Waals surface area contributed by atoms with Crippen LogP contribution in [0.4, 0.5) is 10.1 Å². The van der Waals surface area contributed by atoms with Crippen molar-refractivity contribution in [1.82, 2.24) is 10.1 Å². The highest BCUT2D eigenvalue weighted by molar-refractivity contribution is 5.97. The Hall–Kier alpha value is -3.02. The molecule has 0 radical (unpaired) electrons. The van der Waals surface area contributed by atoms with Crippen LogP contribution in [0.3, 0.4) is 0 Å². The standard InChI is InChI=1S/C20H18FN3O2/c1-12-4-3-5-14(8-12)19-22-20(26-23-19)15-9-18(25)24(11-15)17-10-16(21)7-6-13(17)2/h3-8,10,15H,9,11H2,1-2H3. The van der Waals surface area contributed by atoms with Crippen molar-refractivity contribution in [2.75, 3.05) is 11.4 Å². The molecule has 2 aromatic carbocycles. The van der Waals surface area contributed by atoms with Gasteiger partial charge in [0.25, 0.3) is 0 Å². The molecule has 1 fully saturated rings. The summed E-state index contributed by atoms with van der Waals surface area (Å²) >= 11 is 0. The first-order valence-corrected chi connectivity index (χ1v) is 8.48. The van der Waals surface area contributed by atoms with Crippen LogP contribution in [0, 0.1) is 19.7 Å². The first-order chi connectivity index (χ1) is 12.5. The van der Waals surface area contributed by atoms with Gasteiger partial charge in [-0.2, -0.15) is 4.98 Å². The van der Waals surface area contributed by atoms with Crippen LogP contribution in [0.15, 0.2) is 47.0 Å². The number of nitrogens with zero attached hydrogens (tertiary/aromatic N) is 3. The van der Waals surface area contributed by atoms with E-state index in [-0.39, 0.29) is 24.1 Å². The van der Waals surface area contributed by atoms with Gasteiger partial charge in [0, 0.05) is 24.2 Å².